The van der Waals surface area contributed by atoms with E-state index in [4.69, 9.17) is 0 Å². The summed E-state index contributed by atoms with van der Waals surface area (Å²) in [7, 11) is 0. The molecule has 2 N–H and O–H groups in total. The molecule has 0 radical (unpaired) electrons. The van der Waals surface area contributed by atoms with Crippen LogP contribution in [0.4, 0.5) is 0 Å². The van der Waals surface area contributed by atoms with Crippen LogP contribution < -0.4 is 21.3 Å². The van der Waals surface area contributed by atoms with Crippen LogP contribution in [-0.2, 0) is 0 Å². The molecule has 0 aliphatic carbocycles. The van der Waals surface area contributed by atoms with Crippen molar-refractivity contribution in [3.8, 4) is 0 Å². The maximum atomic E-state index is 4.47. The Morgan fingerprint density at radius 2 is 1.81 bits per heavy atom. The molecule has 106 valence electrons. The molecule has 1 saturated heterocycles. The van der Waals surface area contributed by atoms with Crippen LogP contribution >= 0.6 is 0 Å². The van der Waals surface area contributed by atoms with E-state index >= 15 is 0 Å². The second-order valence-corrected chi connectivity index (χ2v) is 5.74. The average molecular weight is 277 g/mol. The molecule has 1 fully saturated rings. The molecular weight excluding hydrogens is 258 g/mol. The Bertz CT molecular complexity index is 864. The van der Waals surface area contributed by atoms with Crippen LogP contribution in [0.1, 0.15) is 24.3 Å². The summed E-state index contributed by atoms with van der Waals surface area (Å²) in [4.78, 5) is 0. The van der Waals surface area contributed by atoms with Crippen molar-refractivity contribution in [3.63, 3.8) is 0 Å². The zero-order valence-electron chi connectivity index (χ0n) is 12.0. The first-order chi connectivity index (χ1) is 10.4. The molecule has 3 heteroatoms. The molecule has 0 saturated carbocycles. The predicted octanol–water partition coefficient (Wildman–Crippen LogP) is 1.32. The third-order valence-corrected chi connectivity index (χ3v) is 4.49. The Kier molecular flexibility index (Phi) is 3.20. The van der Waals surface area contributed by atoms with E-state index in [1.54, 1.807) is 0 Å². The lowest BCUT2D eigenvalue weighted by atomic mass is 9.88. The summed E-state index contributed by atoms with van der Waals surface area (Å²) in [5, 5.41) is 12.8. The van der Waals surface area contributed by atoms with Gasteiger partial charge in [0.2, 0.25) is 0 Å². The standard InChI is InChI=1S/C18H19N3/c1-2-7-17-16(5-1)18-14(12-20-21-17)4-3-6-15(18)13-8-10-19-11-9-13/h1-7,12-13,19-20H,8-11H2. The molecule has 0 spiro atoms. The molecule has 2 heterocycles. The van der Waals surface area contributed by atoms with Crippen molar-refractivity contribution in [1.29, 1.82) is 0 Å². The van der Waals surface area contributed by atoms with Gasteiger partial charge in [0.15, 0.2) is 0 Å². The van der Waals surface area contributed by atoms with Crippen LogP contribution in [0.3, 0.4) is 0 Å². The van der Waals surface area contributed by atoms with E-state index in [-0.39, 0.29) is 0 Å². The maximum Gasteiger partial charge on any atom is 0.0911 e. The summed E-state index contributed by atoms with van der Waals surface area (Å²) in [5.74, 6) is 0.640. The second-order valence-electron chi connectivity index (χ2n) is 5.74. The number of fused-ring (bicyclic) bond motifs is 2. The number of para-hydroxylation sites is 1. The first kappa shape index (κ1) is 12.6. The molecule has 2 aromatic rings. The SMILES string of the molecule is C1=c2cccc(C3CCNCC3)c2=c2ccccc2=NN1. The maximum absolute atomic E-state index is 4.47. The highest BCUT2D eigenvalue weighted by atomic mass is 15.3. The smallest absolute Gasteiger partial charge is 0.0911 e. The number of piperidine rings is 1. The second kappa shape index (κ2) is 5.34. The first-order valence-corrected chi connectivity index (χ1v) is 7.66. The molecular formula is C18H19N3. The summed E-state index contributed by atoms with van der Waals surface area (Å²) in [5.41, 5.74) is 4.55. The van der Waals surface area contributed by atoms with E-state index in [1.807, 2.05) is 12.3 Å². The van der Waals surface area contributed by atoms with Crippen molar-refractivity contribution in [3.05, 3.63) is 69.0 Å². The number of nitrogens with zero attached hydrogens (tertiary/aromatic N) is 1. The van der Waals surface area contributed by atoms with Crippen LogP contribution in [0.5, 0.6) is 0 Å². The summed E-state index contributed by atoms with van der Waals surface area (Å²) in [6.45, 7) is 2.23. The van der Waals surface area contributed by atoms with E-state index < -0.39 is 0 Å². The first-order valence-electron chi connectivity index (χ1n) is 7.66. The van der Waals surface area contributed by atoms with Crippen LogP contribution in [0.2, 0.25) is 0 Å². The fourth-order valence-corrected chi connectivity index (χ4v) is 3.45. The van der Waals surface area contributed by atoms with Gasteiger partial charge in [-0.1, -0.05) is 36.4 Å². The van der Waals surface area contributed by atoms with Crippen LogP contribution in [0, 0.1) is 10.4 Å². The third kappa shape index (κ3) is 2.24. The highest BCUT2D eigenvalue weighted by molar-refractivity contribution is 5.34. The number of hydrogen-bond acceptors (Lipinski definition) is 3. The van der Waals surface area contributed by atoms with Gasteiger partial charge in [-0.2, -0.15) is 5.10 Å². The Morgan fingerprint density at radius 3 is 2.71 bits per heavy atom. The highest BCUT2D eigenvalue weighted by Crippen LogP contribution is 2.25. The van der Waals surface area contributed by atoms with Crippen molar-refractivity contribution in [2.75, 3.05) is 13.1 Å². The van der Waals surface area contributed by atoms with Crippen molar-refractivity contribution < 1.29 is 0 Å². The monoisotopic (exact) mass is 277 g/mol. The molecule has 3 nitrogen and oxygen atoms in total. The molecule has 0 bridgehead atoms. The number of rotatable bonds is 1. The molecule has 0 amide bonds. The normalized spacial score (nSPS) is 17.5. The van der Waals surface area contributed by atoms with Gasteiger partial charge in [-0.25, -0.2) is 0 Å². The molecule has 2 aromatic carbocycles. The Morgan fingerprint density at radius 1 is 0.952 bits per heavy atom. The summed E-state index contributed by atoms with van der Waals surface area (Å²) in [6, 6.07) is 15.0. The molecule has 21 heavy (non-hydrogen) atoms. The molecule has 4 rings (SSSR count). The molecule has 0 unspecified atom stereocenters. The van der Waals surface area contributed by atoms with Crippen molar-refractivity contribution >= 4 is 6.20 Å². The zero-order chi connectivity index (χ0) is 14.1. The van der Waals surface area contributed by atoms with Crippen molar-refractivity contribution in [2.45, 2.75) is 18.8 Å². The Balaban J connectivity index is 2.12. The van der Waals surface area contributed by atoms with Gasteiger partial charge in [0.25, 0.3) is 0 Å². The zero-order valence-corrected chi connectivity index (χ0v) is 12.0. The summed E-state index contributed by atoms with van der Waals surface area (Å²) >= 11 is 0. The minimum atomic E-state index is 0.640. The van der Waals surface area contributed by atoms with Gasteiger partial charge in [-0.3, -0.25) is 5.43 Å². The highest BCUT2D eigenvalue weighted by Gasteiger charge is 2.16. The lowest BCUT2D eigenvalue weighted by Crippen LogP contribution is -2.27. The van der Waals surface area contributed by atoms with Gasteiger partial charge in [-0.05, 0) is 48.7 Å². The van der Waals surface area contributed by atoms with Gasteiger partial charge >= 0.3 is 0 Å². The lowest BCUT2D eigenvalue weighted by molar-refractivity contribution is 0.459. The quantitative estimate of drug-likeness (QED) is 0.825. The largest absolute Gasteiger partial charge is 0.317 e. The van der Waals surface area contributed by atoms with Crippen LogP contribution in [0.15, 0.2) is 47.6 Å². The van der Waals surface area contributed by atoms with Gasteiger partial charge in [-0.15, -0.1) is 0 Å². The molecule has 2 aliphatic rings. The van der Waals surface area contributed by atoms with Crippen LogP contribution in [0.25, 0.3) is 6.20 Å². The van der Waals surface area contributed by atoms with Gasteiger partial charge in [0.05, 0.1) is 5.36 Å². The minimum Gasteiger partial charge on any atom is -0.317 e. The summed E-state index contributed by atoms with van der Waals surface area (Å²) in [6.07, 6.45) is 4.44. The topological polar surface area (TPSA) is 36.4 Å². The van der Waals surface area contributed by atoms with E-state index in [1.165, 1.54) is 34.1 Å². The van der Waals surface area contributed by atoms with Gasteiger partial charge < -0.3 is 5.32 Å². The summed E-state index contributed by atoms with van der Waals surface area (Å²) < 4.78 is 0. The van der Waals surface area contributed by atoms with E-state index in [2.05, 4.69) is 52.2 Å². The lowest BCUT2D eigenvalue weighted by Gasteiger charge is -2.23. The van der Waals surface area contributed by atoms with Gasteiger partial charge in [0.1, 0.15) is 0 Å². The Hall–Kier alpha value is -2.13. The van der Waals surface area contributed by atoms with Crippen molar-refractivity contribution in [1.82, 2.24) is 10.7 Å². The van der Waals surface area contributed by atoms with Crippen LogP contribution in [-0.4, -0.2) is 13.1 Å². The molecule has 0 aromatic heterocycles. The third-order valence-electron chi connectivity index (χ3n) is 4.49. The number of benzene rings is 2. The van der Waals surface area contributed by atoms with Crippen molar-refractivity contribution in [2.24, 2.45) is 5.10 Å². The van der Waals surface area contributed by atoms with E-state index in [0.717, 1.165) is 18.4 Å². The molecule has 0 atom stereocenters. The average Bonchev–Trinajstić information content (AvgIpc) is 2.75. The van der Waals surface area contributed by atoms with E-state index in [0.29, 0.717) is 5.92 Å². The Labute approximate surface area is 123 Å². The fraction of sp³-hybridized carbons (Fsp3) is 0.278. The van der Waals surface area contributed by atoms with E-state index in [9.17, 15) is 0 Å². The van der Waals surface area contributed by atoms with Gasteiger partial charge in [0, 0.05) is 16.6 Å². The molecule has 2 aliphatic heterocycles. The predicted molar refractivity (Wildman–Crippen MR) is 83.8 cm³/mol. The fourth-order valence-electron chi connectivity index (χ4n) is 3.45. The number of hydrogen-bond donors (Lipinski definition) is 2. The number of nitrogens with one attached hydrogen (secondary N) is 2. The minimum absolute atomic E-state index is 0.640.